The standard InChI is InChI=1S/C23H22F6N4O2/c1-12(2)21(35-3)31-9-13-4-5-17(23(27,28)29)16(6-13)20-32-18(8-19(34)33-20)14-7-15(11-30-10-14)22(24,25)26/h4-8,10-12,21,31H,9H2,1-3H3,(H,32,33,34). The first-order valence-electron chi connectivity index (χ1n) is 10.4. The van der Waals surface area contributed by atoms with Crippen LogP contribution in [0, 0.1) is 5.92 Å². The lowest BCUT2D eigenvalue weighted by Gasteiger charge is -2.21. The number of methoxy groups -OCH3 is 1. The molecule has 12 heteroatoms. The molecule has 0 saturated heterocycles. The Labute approximate surface area is 196 Å². The molecule has 0 aliphatic heterocycles. The summed E-state index contributed by atoms with van der Waals surface area (Å²) < 4.78 is 85.8. The molecule has 1 atom stereocenters. The van der Waals surface area contributed by atoms with Gasteiger partial charge in [0, 0.05) is 43.2 Å². The predicted molar refractivity (Wildman–Crippen MR) is 116 cm³/mol. The van der Waals surface area contributed by atoms with Gasteiger partial charge < -0.3 is 9.72 Å². The van der Waals surface area contributed by atoms with E-state index in [1.165, 1.54) is 19.2 Å². The van der Waals surface area contributed by atoms with Gasteiger partial charge in [-0.25, -0.2) is 4.98 Å². The van der Waals surface area contributed by atoms with E-state index in [-0.39, 0.29) is 29.9 Å². The third kappa shape index (κ3) is 6.45. The van der Waals surface area contributed by atoms with Gasteiger partial charge in [0.1, 0.15) is 12.1 Å². The zero-order valence-electron chi connectivity index (χ0n) is 18.9. The lowest BCUT2D eigenvalue weighted by molar-refractivity contribution is -0.138. The summed E-state index contributed by atoms with van der Waals surface area (Å²) in [6.07, 6.45) is -8.19. The maximum atomic E-state index is 13.8. The number of hydrogen-bond donors (Lipinski definition) is 2. The van der Waals surface area contributed by atoms with Gasteiger partial charge in [-0.2, -0.15) is 26.3 Å². The van der Waals surface area contributed by atoms with E-state index in [9.17, 15) is 31.1 Å². The number of hydrogen-bond acceptors (Lipinski definition) is 5. The first-order chi connectivity index (χ1) is 16.3. The second-order valence-corrected chi connectivity index (χ2v) is 8.10. The minimum Gasteiger partial charge on any atom is -0.366 e. The average Bonchev–Trinajstić information content (AvgIpc) is 2.77. The van der Waals surface area contributed by atoms with Gasteiger partial charge in [0.15, 0.2) is 0 Å². The van der Waals surface area contributed by atoms with Gasteiger partial charge in [-0.3, -0.25) is 15.1 Å². The van der Waals surface area contributed by atoms with Gasteiger partial charge >= 0.3 is 12.4 Å². The zero-order chi connectivity index (χ0) is 26.0. The van der Waals surface area contributed by atoms with Crippen LogP contribution < -0.4 is 10.9 Å². The fraction of sp³-hybridized carbons (Fsp3) is 0.348. The lowest BCUT2D eigenvalue weighted by atomic mass is 10.0. The molecule has 0 bridgehead atoms. The van der Waals surface area contributed by atoms with E-state index in [2.05, 4.69) is 20.3 Å². The molecule has 0 aliphatic carbocycles. The summed E-state index contributed by atoms with van der Waals surface area (Å²) in [4.78, 5) is 22.1. The first-order valence-corrected chi connectivity index (χ1v) is 10.4. The van der Waals surface area contributed by atoms with E-state index in [0.717, 1.165) is 24.4 Å². The van der Waals surface area contributed by atoms with Crippen molar-refractivity contribution in [3.05, 3.63) is 69.8 Å². The molecule has 1 unspecified atom stereocenters. The Morgan fingerprint density at radius 3 is 2.34 bits per heavy atom. The molecule has 0 radical (unpaired) electrons. The number of nitrogens with zero attached hydrogens (tertiary/aromatic N) is 2. The number of H-pyrrole nitrogens is 1. The summed E-state index contributed by atoms with van der Waals surface area (Å²) in [5, 5.41) is 3.08. The van der Waals surface area contributed by atoms with Crippen LogP contribution in [0.5, 0.6) is 0 Å². The van der Waals surface area contributed by atoms with Crippen molar-refractivity contribution in [2.45, 2.75) is 39.0 Å². The zero-order valence-corrected chi connectivity index (χ0v) is 18.9. The third-order valence-corrected chi connectivity index (χ3v) is 5.11. The quantitative estimate of drug-likeness (QED) is 0.342. The summed E-state index contributed by atoms with van der Waals surface area (Å²) in [6.45, 7) is 3.97. The molecule has 6 nitrogen and oxygen atoms in total. The molecule has 1 aromatic carbocycles. The molecule has 0 saturated carbocycles. The third-order valence-electron chi connectivity index (χ3n) is 5.11. The number of ether oxygens (including phenoxy) is 1. The summed E-state index contributed by atoms with van der Waals surface area (Å²) >= 11 is 0. The van der Waals surface area contributed by atoms with Crippen LogP contribution >= 0.6 is 0 Å². The van der Waals surface area contributed by atoms with Crippen molar-refractivity contribution in [1.82, 2.24) is 20.3 Å². The fourth-order valence-corrected chi connectivity index (χ4v) is 3.42. The number of pyridine rings is 1. The van der Waals surface area contributed by atoms with Gasteiger partial charge in [-0.05, 0) is 29.7 Å². The molecule has 2 N–H and O–H groups in total. The molecular weight excluding hydrogens is 478 g/mol. The molecular formula is C23H22F6N4O2. The highest BCUT2D eigenvalue weighted by atomic mass is 19.4. The van der Waals surface area contributed by atoms with Crippen LogP contribution in [0.3, 0.4) is 0 Å². The van der Waals surface area contributed by atoms with E-state index in [1.807, 2.05) is 13.8 Å². The molecule has 35 heavy (non-hydrogen) atoms. The fourth-order valence-electron chi connectivity index (χ4n) is 3.42. The number of aromatic nitrogens is 3. The van der Waals surface area contributed by atoms with E-state index in [0.29, 0.717) is 11.8 Å². The normalized spacial score (nSPS) is 13.3. The van der Waals surface area contributed by atoms with E-state index >= 15 is 0 Å². The summed E-state index contributed by atoms with van der Waals surface area (Å²) in [5.41, 5.74) is -3.37. The topological polar surface area (TPSA) is 79.9 Å². The van der Waals surface area contributed by atoms with Gasteiger partial charge in [0.05, 0.1) is 16.8 Å². The Morgan fingerprint density at radius 2 is 1.74 bits per heavy atom. The number of halogens is 6. The highest BCUT2D eigenvalue weighted by Gasteiger charge is 2.35. The summed E-state index contributed by atoms with van der Waals surface area (Å²) in [5.74, 6) is -0.351. The largest absolute Gasteiger partial charge is 0.417 e. The van der Waals surface area contributed by atoms with Crippen LogP contribution in [0.25, 0.3) is 22.6 Å². The predicted octanol–water partition coefficient (Wildman–Crippen LogP) is 5.25. The van der Waals surface area contributed by atoms with Crippen molar-refractivity contribution in [1.29, 1.82) is 0 Å². The first kappa shape index (κ1) is 26.4. The highest BCUT2D eigenvalue weighted by molar-refractivity contribution is 5.66. The Balaban J connectivity index is 2.09. The summed E-state index contributed by atoms with van der Waals surface area (Å²) in [6, 6.07) is 4.98. The van der Waals surface area contributed by atoms with Crippen LogP contribution in [0.15, 0.2) is 47.5 Å². The lowest BCUT2D eigenvalue weighted by Crippen LogP contribution is -2.34. The Hall–Kier alpha value is -3.25. The molecule has 0 amide bonds. The maximum absolute atomic E-state index is 13.8. The molecule has 3 aromatic rings. The average molecular weight is 500 g/mol. The highest BCUT2D eigenvalue weighted by Crippen LogP contribution is 2.37. The van der Waals surface area contributed by atoms with Crippen molar-refractivity contribution >= 4 is 0 Å². The van der Waals surface area contributed by atoms with Gasteiger partial charge in [-0.15, -0.1) is 0 Å². The van der Waals surface area contributed by atoms with Gasteiger partial charge in [0.25, 0.3) is 5.56 Å². The molecule has 188 valence electrons. The summed E-state index contributed by atoms with van der Waals surface area (Å²) in [7, 11) is 1.50. The van der Waals surface area contributed by atoms with Crippen molar-refractivity contribution < 1.29 is 31.1 Å². The maximum Gasteiger partial charge on any atom is 0.417 e. The molecule has 2 heterocycles. The van der Waals surface area contributed by atoms with Crippen LogP contribution in [0.4, 0.5) is 26.3 Å². The van der Waals surface area contributed by atoms with Crippen LogP contribution in [0.2, 0.25) is 0 Å². The molecule has 3 rings (SSSR count). The Morgan fingerprint density at radius 1 is 1.03 bits per heavy atom. The van der Waals surface area contributed by atoms with Crippen LogP contribution in [-0.2, 0) is 23.6 Å². The van der Waals surface area contributed by atoms with E-state index in [1.54, 1.807) is 0 Å². The van der Waals surface area contributed by atoms with Crippen LogP contribution in [0.1, 0.15) is 30.5 Å². The molecule has 0 spiro atoms. The monoisotopic (exact) mass is 500 g/mol. The minimum atomic E-state index is -4.78. The number of nitrogens with one attached hydrogen (secondary N) is 2. The van der Waals surface area contributed by atoms with Gasteiger partial charge in [0.2, 0.25) is 0 Å². The number of benzene rings is 1. The van der Waals surface area contributed by atoms with E-state index in [4.69, 9.17) is 4.74 Å². The van der Waals surface area contributed by atoms with Crippen molar-refractivity contribution in [2.24, 2.45) is 5.92 Å². The van der Waals surface area contributed by atoms with E-state index < -0.39 is 40.4 Å². The van der Waals surface area contributed by atoms with Crippen molar-refractivity contribution in [2.75, 3.05) is 7.11 Å². The van der Waals surface area contributed by atoms with Crippen molar-refractivity contribution in [3.63, 3.8) is 0 Å². The second-order valence-electron chi connectivity index (χ2n) is 8.10. The number of aromatic amines is 1. The molecule has 2 aromatic heterocycles. The van der Waals surface area contributed by atoms with Gasteiger partial charge in [-0.1, -0.05) is 19.9 Å². The van der Waals surface area contributed by atoms with Crippen molar-refractivity contribution in [3.8, 4) is 22.6 Å². The molecule has 0 aliphatic rings. The number of alkyl halides is 6. The Bertz CT molecular complexity index is 1240. The SMILES string of the molecule is COC(NCc1ccc(C(F)(F)F)c(-c2nc(-c3cncc(C(F)(F)F)c3)cc(=O)[nH]2)c1)C(C)C. The smallest absolute Gasteiger partial charge is 0.366 e. The molecule has 0 fully saturated rings. The van der Waals surface area contributed by atoms with Crippen LogP contribution in [-0.4, -0.2) is 28.3 Å². The second kappa shape index (κ2) is 10.2. The number of rotatable bonds is 7. The minimum absolute atomic E-state index is 0.0877. The Kier molecular flexibility index (Phi) is 7.65.